The van der Waals surface area contributed by atoms with Gasteiger partial charge in [-0.1, -0.05) is 67.6 Å². The highest BCUT2D eigenvalue weighted by Gasteiger charge is 2.44. The van der Waals surface area contributed by atoms with Gasteiger partial charge >= 0.3 is 0 Å². The van der Waals surface area contributed by atoms with Gasteiger partial charge in [0.05, 0.1) is 11.2 Å². The second-order valence-corrected chi connectivity index (χ2v) is 10.2. The van der Waals surface area contributed by atoms with E-state index in [-0.39, 0.29) is 17.6 Å². The summed E-state index contributed by atoms with van der Waals surface area (Å²) in [5.41, 5.74) is 1.48. The maximum Gasteiger partial charge on any atom is 0.230 e. The second kappa shape index (κ2) is 9.75. The van der Waals surface area contributed by atoms with E-state index in [9.17, 15) is 13.2 Å². The molecule has 1 heterocycles. The van der Waals surface area contributed by atoms with Gasteiger partial charge in [-0.05, 0) is 37.3 Å². The largest absolute Gasteiger partial charge is 0.355 e. The molecule has 1 aliphatic heterocycles. The number of sulfonamides is 1. The van der Waals surface area contributed by atoms with Crippen molar-refractivity contribution in [3.05, 3.63) is 71.8 Å². The highest BCUT2D eigenvalue weighted by atomic mass is 32.2. The Labute approximate surface area is 180 Å². The molecule has 1 unspecified atom stereocenters. The van der Waals surface area contributed by atoms with Gasteiger partial charge in [0, 0.05) is 25.6 Å². The SMILES string of the molecule is CCC(CNC(=O)C1(c2ccccc2)CCN(S(=O)(=O)CC)CC1)c1ccccc1. The molecule has 1 atom stereocenters. The molecule has 0 radical (unpaired) electrons. The van der Waals surface area contributed by atoms with Gasteiger partial charge < -0.3 is 5.32 Å². The average molecular weight is 429 g/mol. The molecule has 0 bridgehead atoms. The number of hydrogen-bond donors (Lipinski definition) is 1. The molecule has 2 aromatic rings. The zero-order chi connectivity index (χ0) is 21.6. The van der Waals surface area contributed by atoms with E-state index in [4.69, 9.17) is 0 Å². The van der Waals surface area contributed by atoms with Crippen LogP contribution in [0.5, 0.6) is 0 Å². The molecule has 1 amide bonds. The third kappa shape index (κ3) is 4.76. The summed E-state index contributed by atoms with van der Waals surface area (Å²) >= 11 is 0. The van der Waals surface area contributed by atoms with E-state index >= 15 is 0 Å². The smallest absolute Gasteiger partial charge is 0.230 e. The molecule has 162 valence electrons. The monoisotopic (exact) mass is 428 g/mol. The topological polar surface area (TPSA) is 66.5 Å². The maximum absolute atomic E-state index is 13.5. The molecular formula is C24H32N2O3S. The zero-order valence-electron chi connectivity index (χ0n) is 17.9. The van der Waals surface area contributed by atoms with Crippen LogP contribution in [0, 0.1) is 0 Å². The minimum absolute atomic E-state index is 0.00312. The molecule has 5 nitrogen and oxygen atoms in total. The first-order chi connectivity index (χ1) is 14.4. The lowest BCUT2D eigenvalue weighted by Gasteiger charge is -2.40. The number of benzene rings is 2. The highest BCUT2D eigenvalue weighted by Crippen LogP contribution is 2.37. The van der Waals surface area contributed by atoms with Gasteiger partial charge in [-0.2, -0.15) is 0 Å². The van der Waals surface area contributed by atoms with Crippen LogP contribution >= 0.6 is 0 Å². The number of carbonyl (C=O) groups excluding carboxylic acids is 1. The molecule has 3 rings (SSSR count). The Morgan fingerprint density at radius 1 is 1.00 bits per heavy atom. The number of nitrogens with zero attached hydrogens (tertiary/aromatic N) is 1. The quantitative estimate of drug-likeness (QED) is 0.697. The van der Waals surface area contributed by atoms with E-state index in [2.05, 4.69) is 24.4 Å². The number of amides is 1. The van der Waals surface area contributed by atoms with Crippen molar-refractivity contribution in [3.8, 4) is 0 Å². The first-order valence-electron chi connectivity index (χ1n) is 10.8. The minimum atomic E-state index is -3.24. The third-order valence-electron chi connectivity index (χ3n) is 6.37. The molecule has 1 aliphatic rings. The van der Waals surface area contributed by atoms with Crippen molar-refractivity contribution in [1.82, 2.24) is 9.62 Å². The summed E-state index contributed by atoms with van der Waals surface area (Å²) in [5, 5.41) is 3.20. The standard InChI is InChI=1S/C24H32N2O3S/c1-3-20(21-11-7-5-8-12-21)19-25-23(27)24(22-13-9-6-10-14-22)15-17-26(18-16-24)30(28,29)4-2/h5-14,20H,3-4,15-19H2,1-2H3,(H,25,27). The second-order valence-electron chi connectivity index (χ2n) is 7.97. The minimum Gasteiger partial charge on any atom is -0.355 e. The van der Waals surface area contributed by atoms with Crippen molar-refractivity contribution in [2.45, 2.75) is 44.4 Å². The zero-order valence-corrected chi connectivity index (χ0v) is 18.7. The van der Waals surface area contributed by atoms with Crippen LogP contribution in [0.3, 0.4) is 0 Å². The van der Waals surface area contributed by atoms with Crippen LogP contribution in [-0.4, -0.2) is 44.0 Å². The summed E-state index contributed by atoms with van der Waals surface area (Å²) < 4.78 is 26.1. The molecule has 30 heavy (non-hydrogen) atoms. The summed E-state index contributed by atoms with van der Waals surface area (Å²) in [5.74, 6) is 0.340. The molecule has 0 aliphatic carbocycles. The van der Waals surface area contributed by atoms with Crippen LogP contribution in [0.4, 0.5) is 0 Å². The number of nitrogens with one attached hydrogen (secondary N) is 1. The number of rotatable bonds is 8. The summed E-state index contributed by atoms with van der Waals surface area (Å²) in [6, 6.07) is 20.0. The van der Waals surface area contributed by atoms with E-state index in [0.717, 1.165) is 12.0 Å². The van der Waals surface area contributed by atoms with Gasteiger partial charge in [0.2, 0.25) is 15.9 Å². The van der Waals surface area contributed by atoms with Crippen LogP contribution < -0.4 is 5.32 Å². The third-order valence-corrected chi connectivity index (χ3v) is 8.25. The van der Waals surface area contributed by atoms with Crippen LogP contribution in [0.15, 0.2) is 60.7 Å². The van der Waals surface area contributed by atoms with E-state index in [1.807, 2.05) is 48.5 Å². The molecule has 1 fully saturated rings. The van der Waals surface area contributed by atoms with Gasteiger partial charge in [0.1, 0.15) is 0 Å². The van der Waals surface area contributed by atoms with Gasteiger partial charge in [0.25, 0.3) is 0 Å². The normalized spacial score (nSPS) is 17.9. The van der Waals surface area contributed by atoms with E-state index in [1.54, 1.807) is 6.92 Å². The lowest BCUT2D eigenvalue weighted by molar-refractivity contribution is -0.128. The number of piperidine rings is 1. The summed E-state index contributed by atoms with van der Waals surface area (Å²) in [6.45, 7) is 5.11. The maximum atomic E-state index is 13.5. The molecule has 2 aromatic carbocycles. The van der Waals surface area contributed by atoms with E-state index < -0.39 is 15.4 Å². The van der Waals surface area contributed by atoms with Crippen molar-refractivity contribution in [2.75, 3.05) is 25.4 Å². The first kappa shape index (κ1) is 22.5. The van der Waals surface area contributed by atoms with Gasteiger partial charge in [-0.25, -0.2) is 12.7 Å². The fourth-order valence-corrected chi connectivity index (χ4v) is 5.44. The fraction of sp³-hybridized carbons (Fsp3) is 0.458. The number of carbonyl (C=O) groups is 1. The van der Waals surface area contributed by atoms with Crippen LogP contribution in [-0.2, 0) is 20.2 Å². The molecule has 0 spiro atoms. The Kier molecular flexibility index (Phi) is 7.32. The molecule has 1 saturated heterocycles. The summed E-state index contributed by atoms with van der Waals surface area (Å²) in [4.78, 5) is 13.5. The van der Waals surface area contributed by atoms with Gasteiger partial charge in [-0.15, -0.1) is 0 Å². The Bertz CT molecular complexity index is 921. The molecule has 0 aromatic heterocycles. The van der Waals surface area contributed by atoms with Crippen LogP contribution in [0.1, 0.15) is 50.2 Å². The van der Waals surface area contributed by atoms with E-state index in [0.29, 0.717) is 32.5 Å². The van der Waals surface area contributed by atoms with Crippen molar-refractivity contribution >= 4 is 15.9 Å². The van der Waals surface area contributed by atoms with Crippen molar-refractivity contribution in [2.24, 2.45) is 0 Å². The van der Waals surface area contributed by atoms with Crippen LogP contribution in [0.2, 0.25) is 0 Å². The van der Waals surface area contributed by atoms with Crippen LogP contribution in [0.25, 0.3) is 0 Å². The summed E-state index contributed by atoms with van der Waals surface area (Å²) in [7, 11) is -3.24. The van der Waals surface area contributed by atoms with Crippen molar-refractivity contribution in [1.29, 1.82) is 0 Å². The molecule has 0 saturated carbocycles. The number of hydrogen-bond acceptors (Lipinski definition) is 3. The Balaban J connectivity index is 1.79. The average Bonchev–Trinajstić information content (AvgIpc) is 2.80. The molecule has 1 N–H and O–H groups in total. The summed E-state index contributed by atoms with van der Waals surface area (Å²) in [6.07, 6.45) is 1.92. The van der Waals surface area contributed by atoms with Crippen molar-refractivity contribution in [3.63, 3.8) is 0 Å². The fourth-order valence-electron chi connectivity index (χ4n) is 4.34. The van der Waals surface area contributed by atoms with Gasteiger partial charge in [-0.3, -0.25) is 4.79 Å². The molecular weight excluding hydrogens is 396 g/mol. The lowest BCUT2D eigenvalue weighted by atomic mass is 9.72. The first-order valence-corrected chi connectivity index (χ1v) is 12.4. The Morgan fingerprint density at radius 2 is 1.57 bits per heavy atom. The van der Waals surface area contributed by atoms with Crippen molar-refractivity contribution < 1.29 is 13.2 Å². The predicted molar refractivity (Wildman–Crippen MR) is 121 cm³/mol. The highest BCUT2D eigenvalue weighted by molar-refractivity contribution is 7.89. The Hall–Kier alpha value is -2.18. The lowest BCUT2D eigenvalue weighted by Crippen LogP contribution is -2.53. The van der Waals surface area contributed by atoms with Gasteiger partial charge in [0.15, 0.2) is 0 Å². The van der Waals surface area contributed by atoms with E-state index in [1.165, 1.54) is 9.87 Å². The Morgan fingerprint density at radius 3 is 2.10 bits per heavy atom. The predicted octanol–water partition coefficient (Wildman–Crippen LogP) is 3.68. The molecule has 6 heteroatoms.